The van der Waals surface area contributed by atoms with Crippen LogP contribution in [0.2, 0.25) is 0 Å². The van der Waals surface area contributed by atoms with Crippen LogP contribution in [0.3, 0.4) is 0 Å². The Morgan fingerprint density at radius 3 is 2.29 bits per heavy atom. The molecule has 0 aliphatic heterocycles. The summed E-state index contributed by atoms with van der Waals surface area (Å²) < 4.78 is 0. The Morgan fingerprint density at radius 1 is 0.903 bits per heavy atom. The molecule has 3 N–H and O–H groups in total. The molecule has 0 fully saturated rings. The van der Waals surface area contributed by atoms with Crippen molar-refractivity contribution in [1.82, 2.24) is 4.98 Å². The van der Waals surface area contributed by atoms with Crippen LogP contribution in [0.4, 0.5) is 16.5 Å². The smallest absolute Gasteiger partial charge is 0.231 e. The van der Waals surface area contributed by atoms with Crippen LogP contribution in [0, 0.1) is 5.41 Å². The Balaban J connectivity index is 1.52. The van der Waals surface area contributed by atoms with Gasteiger partial charge < -0.3 is 16.0 Å². The Morgan fingerprint density at radius 2 is 1.61 bits per heavy atom. The van der Waals surface area contributed by atoms with Crippen LogP contribution in [0.15, 0.2) is 47.2 Å². The zero-order chi connectivity index (χ0) is 22.4. The summed E-state index contributed by atoms with van der Waals surface area (Å²) in [4.78, 5) is 41.9. The van der Waals surface area contributed by atoms with Crippen LogP contribution in [-0.4, -0.2) is 22.7 Å². The molecule has 1 aromatic carbocycles. The van der Waals surface area contributed by atoms with Gasteiger partial charge in [0.1, 0.15) is 0 Å². The average molecular weight is 457 g/mol. The van der Waals surface area contributed by atoms with E-state index in [9.17, 15) is 14.4 Å². The lowest BCUT2D eigenvalue weighted by atomic mass is 9.95. The van der Waals surface area contributed by atoms with Crippen molar-refractivity contribution in [2.75, 3.05) is 16.0 Å². The van der Waals surface area contributed by atoms with E-state index in [0.29, 0.717) is 28.6 Å². The summed E-state index contributed by atoms with van der Waals surface area (Å²) in [5, 5.41) is 12.6. The van der Waals surface area contributed by atoms with E-state index < -0.39 is 5.41 Å². The third kappa shape index (κ3) is 7.01. The normalized spacial score (nSPS) is 11.1. The molecule has 0 saturated carbocycles. The third-order valence-corrected chi connectivity index (χ3v) is 5.82. The summed E-state index contributed by atoms with van der Waals surface area (Å²) in [7, 11) is 0. The van der Waals surface area contributed by atoms with Gasteiger partial charge in [0.2, 0.25) is 17.7 Å². The van der Waals surface area contributed by atoms with E-state index in [4.69, 9.17) is 0 Å². The maximum absolute atomic E-state index is 12.4. The van der Waals surface area contributed by atoms with E-state index >= 15 is 0 Å². The van der Waals surface area contributed by atoms with Crippen molar-refractivity contribution in [3.63, 3.8) is 0 Å². The van der Waals surface area contributed by atoms with Gasteiger partial charge in [0.05, 0.1) is 18.5 Å². The Hall–Kier alpha value is -3.04. The quantitative estimate of drug-likeness (QED) is 0.485. The van der Waals surface area contributed by atoms with Gasteiger partial charge in [-0.25, -0.2) is 4.98 Å². The highest BCUT2D eigenvalue weighted by Gasteiger charge is 2.21. The first kappa shape index (κ1) is 22.6. The molecule has 3 rings (SSSR count). The number of thiophene rings is 1. The second-order valence-corrected chi connectivity index (χ2v) is 9.85. The van der Waals surface area contributed by atoms with Crippen molar-refractivity contribution in [2.45, 2.75) is 33.6 Å². The Bertz CT molecular complexity index is 1070. The molecule has 7 nitrogen and oxygen atoms in total. The second kappa shape index (κ2) is 9.84. The van der Waals surface area contributed by atoms with E-state index in [1.54, 1.807) is 29.6 Å². The maximum atomic E-state index is 12.4. The maximum Gasteiger partial charge on any atom is 0.231 e. The van der Waals surface area contributed by atoms with E-state index in [1.165, 1.54) is 22.7 Å². The van der Waals surface area contributed by atoms with Crippen molar-refractivity contribution in [3.05, 3.63) is 57.7 Å². The van der Waals surface area contributed by atoms with Crippen molar-refractivity contribution < 1.29 is 14.4 Å². The molecular formula is C22H24N4O3S2. The molecule has 0 radical (unpaired) electrons. The molecule has 0 aliphatic rings. The molecule has 3 amide bonds. The van der Waals surface area contributed by atoms with Crippen molar-refractivity contribution in [2.24, 2.45) is 5.41 Å². The molecule has 0 aliphatic carbocycles. The molecule has 0 spiro atoms. The lowest BCUT2D eigenvalue weighted by Gasteiger charge is -2.18. The minimum atomic E-state index is -0.513. The predicted octanol–water partition coefficient (Wildman–Crippen LogP) is 4.55. The number of hydrogen-bond donors (Lipinski definition) is 3. The van der Waals surface area contributed by atoms with Gasteiger partial charge in [0, 0.05) is 27.0 Å². The predicted molar refractivity (Wildman–Crippen MR) is 126 cm³/mol. The first-order chi connectivity index (χ1) is 14.7. The first-order valence-corrected chi connectivity index (χ1v) is 11.4. The monoisotopic (exact) mass is 456 g/mol. The molecule has 0 saturated heterocycles. The van der Waals surface area contributed by atoms with Crippen molar-refractivity contribution in [3.8, 4) is 0 Å². The second-order valence-electron chi connectivity index (χ2n) is 7.96. The van der Waals surface area contributed by atoms with Gasteiger partial charge in [-0.3, -0.25) is 14.4 Å². The Kier molecular flexibility index (Phi) is 7.19. The summed E-state index contributed by atoms with van der Waals surface area (Å²) in [5.41, 5.74) is 1.26. The molecule has 3 aromatic rings. The molecule has 2 aromatic heterocycles. The van der Waals surface area contributed by atoms with E-state index in [-0.39, 0.29) is 24.1 Å². The highest BCUT2D eigenvalue weighted by molar-refractivity contribution is 7.14. The Labute approximate surface area is 188 Å². The number of rotatable bonds is 7. The minimum absolute atomic E-state index is 0.0792. The van der Waals surface area contributed by atoms with Gasteiger partial charge in [-0.15, -0.1) is 22.7 Å². The van der Waals surface area contributed by atoms with Crippen LogP contribution in [0.5, 0.6) is 0 Å². The van der Waals surface area contributed by atoms with Crippen LogP contribution in [0.25, 0.3) is 0 Å². The summed E-state index contributed by atoms with van der Waals surface area (Å²) in [6, 6.07) is 10.8. The number of thiazole rings is 1. The highest BCUT2D eigenvalue weighted by Crippen LogP contribution is 2.21. The van der Waals surface area contributed by atoms with Crippen molar-refractivity contribution in [1.29, 1.82) is 0 Å². The number of nitrogens with one attached hydrogen (secondary N) is 3. The SMILES string of the molecule is CC(C)(C)C(=O)Nc1cccc(NC(=O)Cc2csc(NC(=O)Cc3cccs3)n2)c1. The summed E-state index contributed by atoms with van der Waals surface area (Å²) in [6.45, 7) is 5.50. The number of carbonyl (C=O) groups is 3. The van der Waals surface area contributed by atoms with Gasteiger partial charge in [-0.2, -0.15) is 0 Å². The third-order valence-electron chi connectivity index (χ3n) is 4.14. The van der Waals surface area contributed by atoms with Gasteiger partial charge in [-0.05, 0) is 29.6 Å². The number of carbonyl (C=O) groups excluding carboxylic acids is 3. The zero-order valence-corrected chi connectivity index (χ0v) is 19.2. The first-order valence-electron chi connectivity index (χ1n) is 9.67. The fraction of sp³-hybridized carbons (Fsp3) is 0.273. The molecule has 162 valence electrons. The van der Waals surface area contributed by atoms with Crippen LogP contribution in [-0.2, 0) is 27.2 Å². The summed E-state index contributed by atoms with van der Waals surface area (Å²) in [6.07, 6.45) is 0.380. The van der Waals surface area contributed by atoms with Gasteiger partial charge in [-0.1, -0.05) is 32.9 Å². The summed E-state index contributed by atoms with van der Waals surface area (Å²) in [5.74, 6) is -0.477. The lowest BCUT2D eigenvalue weighted by molar-refractivity contribution is -0.123. The van der Waals surface area contributed by atoms with E-state index in [0.717, 1.165) is 4.88 Å². The molecular weight excluding hydrogens is 432 g/mol. The van der Waals surface area contributed by atoms with Gasteiger partial charge in [0.25, 0.3) is 0 Å². The molecule has 31 heavy (non-hydrogen) atoms. The molecule has 9 heteroatoms. The number of anilines is 3. The standard InChI is InChI=1S/C22H24N4O3S2/c1-22(2,3)20(29)24-15-7-4-6-14(10-15)23-18(27)11-16-13-31-21(25-16)26-19(28)12-17-8-5-9-30-17/h4-10,13H,11-12H2,1-3H3,(H,23,27)(H,24,29)(H,25,26,28). The van der Waals surface area contributed by atoms with Crippen LogP contribution < -0.4 is 16.0 Å². The molecule has 2 heterocycles. The lowest BCUT2D eigenvalue weighted by Crippen LogP contribution is -2.27. The minimum Gasteiger partial charge on any atom is -0.326 e. The fourth-order valence-corrected chi connectivity index (χ4v) is 3.97. The highest BCUT2D eigenvalue weighted by atomic mass is 32.1. The molecule has 0 atom stereocenters. The topological polar surface area (TPSA) is 100 Å². The molecule has 0 unspecified atom stereocenters. The van der Waals surface area contributed by atoms with E-state index in [2.05, 4.69) is 20.9 Å². The summed E-state index contributed by atoms with van der Waals surface area (Å²) >= 11 is 2.81. The average Bonchev–Trinajstić information content (AvgIpc) is 3.33. The fourth-order valence-electron chi connectivity index (χ4n) is 2.54. The largest absolute Gasteiger partial charge is 0.326 e. The zero-order valence-electron chi connectivity index (χ0n) is 17.5. The van der Waals surface area contributed by atoms with Crippen molar-refractivity contribution >= 4 is 56.9 Å². The van der Waals surface area contributed by atoms with Crippen LogP contribution in [0.1, 0.15) is 31.3 Å². The number of benzene rings is 1. The van der Waals surface area contributed by atoms with Gasteiger partial charge >= 0.3 is 0 Å². The van der Waals surface area contributed by atoms with Gasteiger partial charge in [0.15, 0.2) is 5.13 Å². The number of aromatic nitrogens is 1. The number of hydrogen-bond acceptors (Lipinski definition) is 6. The van der Waals surface area contributed by atoms with Crippen LogP contribution >= 0.6 is 22.7 Å². The molecule has 0 bridgehead atoms. The number of nitrogens with zero attached hydrogens (tertiary/aromatic N) is 1. The van der Waals surface area contributed by atoms with E-state index in [1.807, 2.05) is 38.3 Å². The number of amides is 3.